The maximum absolute atomic E-state index is 11.7. The fraction of sp³-hybridized carbons (Fsp3) is 0.900. The number of hydrogen-bond acceptors (Lipinski definition) is 2. The Hall–Kier alpha value is -0.570. The minimum Gasteiger partial charge on any atom is -0.344 e. The lowest BCUT2D eigenvalue weighted by molar-refractivity contribution is -0.134. The summed E-state index contributed by atoms with van der Waals surface area (Å²) in [6.45, 7) is 7.78. The molecular formula is C10H22N2O. The van der Waals surface area contributed by atoms with Gasteiger partial charge >= 0.3 is 0 Å². The van der Waals surface area contributed by atoms with E-state index in [0.29, 0.717) is 5.92 Å². The van der Waals surface area contributed by atoms with E-state index in [1.165, 1.54) is 0 Å². The highest BCUT2D eigenvalue weighted by atomic mass is 16.2. The lowest BCUT2D eigenvalue weighted by Crippen LogP contribution is -2.37. The quantitative estimate of drug-likeness (QED) is 0.693. The van der Waals surface area contributed by atoms with Gasteiger partial charge in [-0.25, -0.2) is 0 Å². The smallest absolute Gasteiger partial charge is 0.225 e. The van der Waals surface area contributed by atoms with E-state index in [-0.39, 0.29) is 11.8 Å². The number of nitrogens with zero attached hydrogens (tertiary/aromatic N) is 1. The third-order valence-electron chi connectivity index (χ3n) is 2.46. The zero-order chi connectivity index (χ0) is 10.4. The SMILES string of the molecule is CNCCN(C)C(=O)C(C)C(C)C. The number of amides is 1. The van der Waals surface area contributed by atoms with Gasteiger partial charge in [0, 0.05) is 26.1 Å². The van der Waals surface area contributed by atoms with Crippen molar-refractivity contribution in [2.45, 2.75) is 20.8 Å². The summed E-state index contributed by atoms with van der Waals surface area (Å²) in [6.07, 6.45) is 0. The second-order valence-corrected chi connectivity index (χ2v) is 3.90. The minimum atomic E-state index is 0.127. The molecule has 0 bridgehead atoms. The molecule has 0 aliphatic carbocycles. The number of hydrogen-bond donors (Lipinski definition) is 1. The van der Waals surface area contributed by atoms with Gasteiger partial charge in [0.25, 0.3) is 0 Å². The Balaban J connectivity index is 3.94. The summed E-state index contributed by atoms with van der Waals surface area (Å²) >= 11 is 0. The molecule has 1 unspecified atom stereocenters. The highest BCUT2D eigenvalue weighted by molar-refractivity contribution is 5.78. The molecule has 0 aliphatic heterocycles. The first-order chi connectivity index (χ1) is 6.00. The average molecular weight is 186 g/mol. The Morgan fingerprint density at radius 1 is 1.38 bits per heavy atom. The summed E-state index contributed by atoms with van der Waals surface area (Å²) in [4.78, 5) is 13.5. The lowest BCUT2D eigenvalue weighted by atomic mass is 9.97. The van der Waals surface area contributed by atoms with Gasteiger partial charge in [0.05, 0.1) is 0 Å². The van der Waals surface area contributed by atoms with Gasteiger partial charge in [0.1, 0.15) is 0 Å². The van der Waals surface area contributed by atoms with Crippen molar-refractivity contribution in [1.82, 2.24) is 10.2 Å². The van der Waals surface area contributed by atoms with E-state index in [4.69, 9.17) is 0 Å². The summed E-state index contributed by atoms with van der Waals surface area (Å²) in [6, 6.07) is 0. The normalized spacial score (nSPS) is 13.1. The van der Waals surface area contributed by atoms with Gasteiger partial charge in [-0.1, -0.05) is 20.8 Å². The number of likely N-dealkylation sites (N-methyl/N-ethyl adjacent to an activating group) is 2. The van der Waals surface area contributed by atoms with E-state index >= 15 is 0 Å². The maximum Gasteiger partial charge on any atom is 0.225 e. The first-order valence-corrected chi connectivity index (χ1v) is 4.90. The zero-order valence-corrected chi connectivity index (χ0v) is 9.42. The Kier molecular flexibility index (Phi) is 5.71. The van der Waals surface area contributed by atoms with Gasteiger partial charge in [-0.05, 0) is 13.0 Å². The Labute approximate surface area is 81.5 Å². The predicted molar refractivity (Wildman–Crippen MR) is 55.6 cm³/mol. The topological polar surface area (TPSA) is 32.3 Å². The van der Waals surface area contributed by atoms with Gasteiger partial charge in [-0.2, -0.15) is 0 Å². The van der Waals surface area contributed by atoms with Crippen LogP contribution < -0.4 is 5.32 Å². The first-order valence-electron chi connectivity index (χ1n) is 4.90. The van der Waals surface area contributed by atoms with Crippen LogP contribution in [0.3, 0.4) is 0 Å². The second-order valence-electron chi connectivity index (χ2n) is 3.90. The number of carbonyl (C=O) groups is 1. The standard InChI is InChI=1S/C10H22N2O/c1-8(2)9(3)10(13)12(5)7-6-11-4/h8-9,11H,6-7H2,1-5H3. The molecule has 78 valence electrons. The molecule has 0 aromatic heterocycles. The van der Waals surface area contributed by atoms with Crippen LogP contribution in [0.2, 0.25) is 0 Å². The highest BCUT2D eigenvalue weighted by Gasteiger charge is 2.19. The van der Waals surface area contributed by atoms with E-state index in [1.807, 2.05) is 21.0 Å². The van der Waals surface area contributed by atoms with Gasteiger partial charge in [0.15, 0.2) is 0 Å². The largest absolute Gasteiger partial charge is 0.344 e. The van der Waals surface area contributed by atoms with Crippen molar-refractivity contribution in [1.29, 1.82) is 0 Å². The molecule has 0 fully saturated rings. The molecule has 0 saturated carbocycles. The molecule has 0 spiro atoms. The molecule has 0 aliphatic rings. The first kappa shape index (κ1) is 12.4. The number of nitrogens with one attached hydrogen (secondary N) is 1. The Morgan fingerprint density at radius 2 is 1.92 bits per heavy atom. The third kappa shape index (κ3) is 4.27. The van der Waals surface area contributed by atoms with Crippen molar-refractivity contribution in [2.75, 3.05) is 27.2 Å². The summed E-state index contributed by atoms with van der Waals surface area (Å²) in [5, 5.41) is 3.03. The van der Waals surface area contributed by atoms with Crippen molar-refractivity contribution in [3.63, 3.8) is 0 Å². The Bertz CT molecular complexity index is 157. The van der Waals surface area contributed by atoms with Crippen LogP contribution in [0.15, 0.2) is 0 Å². The molecule has 0 aromatic rings. The van der Waals surface area contributed by atoms with Crippen molar-refractivity contribution in [3.8, 4) is 0 Å². The molecule has 1 amide bonds. The maximum atomic E-state index is 11.7. The van der Waals surface area contributed by atoms with Gasteiger partial charge in [-0.15, -0.1) is 0 Å². The fourth-order valence-electron chi connectivity index (χ4n) is 1.02. The van der Waals surface area contributed by atoms with Crippen molar-refractivity contribution in [3.05, 3.63) is 0 Å². The summed E-state index contributed by atoms with van der Waals surface area (Å²) in [5.41, 5.74) is 0. The van der Waals surface area contributed by atoms with E-state index < -0.39 is 0 Å². The predicted octanol–water partition coefficient (Wildman–Crippen LogP) is 0.956. The summed E-state index contributed by atoms with van der Waals surface area (Å²) < 4.78 is 0. The van der Waals surface area contributed by atoms with Crippen molar-refractivity contribution >= 4 is 5.91 Å². The molecule has 1 N–H and O–H groups in total. The van der Waals surface area contributed by atoms with E-state index in [0.717, 1.165) is 13.1 Å². The second kappa shape index (κ2) is 5.97. The monoisotopic (exact) mass is 186 g/mol. The van der Waals surface area contributed by atoms with Crippen LogP contribution in [0.1, 0.15) is 20.8 Å². The third-order valence-corrected chi connectivity index (χ3v) is 2.46. The van der Waals surface area contributed by atoms with Crippen LogP contribution in [-0.4, -0.2) is 38.0 Å². The highest BCUT2D eigenvalue weighted by Crippen LogP contribution is 2.11. The molecule has 3 nitrogen and oxygen atoms in total. The minimum absolute atomic E-state index is 0.127. The van der Waals surface area contributed by atoms with Crippen LogP contribution >= 0.6 is 0 Å². The van der Waals surface area contributed by atoms with Gasteiger partial charge in [0.2, 0.25) is 5.91 Å². The molecule has 0 saturated heterocycles. The van der Waals surface area contributed by atoms with E-state index in [2.05, 4.69) is 19.2 Å². The molecule has 0 rings (SSSR count). The molecule has 0 heterocycles. The Morgan fingerprint density at radius 3 is 2.31 bits per heavy atom. The lowest BCUT2D eigenvalue weighted by Gasteiger charge is -2.23. The molecule has 3 heteroatoms. The van der Waals surface area contributed by atoms with E-state index in [1.54, 1.807) is 4.90 Å². The summed E-state index contributed by atoms with van der Waals surface area (Å²) in [5.74, 6) is 0.789. The number of rotatable bonds is 5. The van der Waals surface area contributed by atoms with Crippen LogP contribution in [-0.2, 0) is 4.79 Å². The van der Waals surface area contributed by atoms with Gasteiger partial charge in [-0.3, -0.25) is 4.79 Å². The van der Waals surface area contributed by atoms with Crippen LogP contribution in [0.5, 0.6) is 0 Å². The molecule has 1 atom stereocenters. The molecule has 13 heavy (non-hydrogen) atoms. The molecule has 0 aromatic carbocycles. The van der Waals surface area contributed by atoms with E-state index in [9.17, 15) is 4.79 Å². The summed E-state index contributed by atoms with van der Waals surface area (Å²) in [7, 11) is 3.75. The van der Waals surface area contributed by atoms with Crippen LogP contribution in [0.25, 0.3) is 0 Å². The zero-order valence-electron chi connectivity index (χ0n) is 9.42. The average Bonchev–Trinajstić information content (AvgIpc) is 2.11. The van der Waals surface area contributed by atoms with Crippen molar-refractivity contribution in [2.24, 2.45) is 11.8 Å². The van der Waals surface area contributed by atoms with Gasteiger partial charge < -0.3 is 10.2 Å². The van der Waals surface area contributed by atoms with Crippen LogP contribution in [0.4, 0.5) is 0 Å². The molecular weight excluding hydrogens is 164 g/mol. The molecule has 0 radical (unpaired) electrons. The van der Waals surface area contributed by atoms with Crippen molar-refractivity contribution < 1.29 is 4.79 Å². The number of carbonyl (C=O) groups excluding carboxylic acids is 1. The fourth-order valence-corrected chi connectivity index (χ4v) is 1.02. The van der Waals surface area contributed by atoms with Crippen LogP contribution in [0, 0.1) is 11.8 Å².